The number of hydrogen-bond donors (Lipinski definition) is 1. The van der Waals surface area contributed by atoms with Crippen molar-refractivity contribution < 1.29 is 32.6 Å². The second-order valence-electron chi connectivity index (χ2n) is 11.3. The quantitative estimate of drug-likeness (QED) is 0.306. The minimum absolute atomic E-state index is 0.128. The third-order valence-electron chi connectivity index (χ3n) is 8.52. The molecule has 0 saturated carbocycles. The highest BCUT2D eigenvalue weighted by atomic mass is 19.4. The normalized spacial score (nSPS) is 17.5. The van der Waals surface area contributed by atoms with E-state index in [4.69, 9.17) is 0 Å². The van der Waals surface area contributed by atoms with Crippen molar-refractivity contribution in [3.05, 3.63) is 87.5 Å². The highest BCUT2D eigenvalue weighted by Crippen LogP contribution is 2.36. The molecular formula is C32H31F3N4O4. The third kappa shape index (κ3) is 5.93. The van der Waals surface area contributed by atoms with Gasteiger partial charge in [0.05, 0.1) is 11.9 Å². The average molecular weight is 593 g/mol. The number of nitrogens with zero attached hydrogens (tertiary/aromatic N) is 4. The number of aryl methyl sites for hydroxylation is 3. The van der Waals surface area contributed by atoms with Crippen LogP contribution in [-0.4, -0.2) is 49.8 Å². The van der Waals surface area contributed by atoms with Gasteiger partial charge in [-0.25, -0.2) is 4.68 Å². The molecular weight excluding hydrogens is 561 g/mol. The Morgan fingerprint density at radius 3 is 2.60 bits per heavy atom. The van der Waals surface area contributed by atoms with E-state index in [1.165, 1.54) is 6.07 Å². The molecule has 1 amide bonds. The van der Waals surface area contributed by atoms with Crippen molar-refractivity contribution >= 4 is 22.9 Å². The van der Waals surface area contributed by atoms with Crippen LogP contribution in [0, 0.1) is 6.92 Å². The van der Waals surface area contributed by atoms with Gasteiger partial charge >= 0.3 is 12.3 Å². The summed E-state index contributed by atoms with van der Waals surface area (Å²) in [5.74, 6) is -2.12. The molecule has 4 aromatic rings. The van der Waals surface area contributed by atoms with Gasteiger partial charge in [-0.2, -0.15) is 0 Å². The lowest BCUT2D eigenvalue weighted by Gasteiger charge is -2.30. The SMILES string of the molecule is Cc1c2ccc3c1nnn3CCCCCc1ccc(cc1OC(F)(F)F)C(=O)N1CCc3ccc(cc3C1)[C@@H]2CC(=O)O. The molecule has 11 heteroatoms. The lowest BCUT2D eigenvalue weighted by atomic mass is 9.83. The zero-order valence-electron chi connectivity index (χ0n) is 23.7. The van der Waals surface area contributed by atoms with Gasteiger partial charge < -0.3 is 14.7 Å². The molecule has 5 aliphatic heterocycles. The first-order valence-electron chi connectivity index (χ1n) is 14.4. The molecule has 8 nitrogen and oxygen atoms in total. The number of carboxylic acid groups (broad SMARTS) is 1. The number of rotatable bonds is 3. The highest BCUT2D eigenvalue weighted by molar-refractivity contribution is 5.95. The molecule has 1 atom stereocenters. The largest absolute Gasteiger partial charge is 0.573 e. The van der Waals surface area contributed by atoms with E-state index >= 15 is 0 Å². The Hall–Kier alpha value is -4.41. The van der Waals surface area contributed by atoms with E-state index in [0.29, 0.717) is 43.4 Å². The number of amides is 1. The van der Waals surface area contributed by atoms with E-state index in [2.05, 4.69) is 15.0 Å². The molecule has 0 unspecified atom stereocenters. The van der Waals surface area contributed by atoms with Crippen molar-refractivity contribution in [3.8, 4) is 5.75 Å². The number of carbonyl (C=O) groups excluding carboxylic acids is 1. The molecule has 9 rings (SSSR count). The van der Waals surface area contributed by atoms with Crippen molar-refractivity contribution in [3.63, 3.8) is 0 Å². The molecule has 224 valence electrons. The lowest BCUT2D eigenvalue weighted by Crippen LogP contribution is -2.36. The Morgan fingerprint density at radius 2 is 1.81 bits per heavy atom. The van der Waals surface area contributed by atoms with Gasteiger partial charge in [-0.3, -0.25) is 9.59 Å². The van der Waals surface area contributed by atoms with Gasteiger partial charge in [-0.15, -0.1) is 18.3 Å². The van der Waals surface area contributed by atoms with Crippen LogP contribution in [-0.2, 0) is 30.7 Å². The van der Waals surface area contributed by atoms with Crippen LogP contribution >= 0.6 is 0 Å². The topological polar surface area (TPSA) is 97.5 Å². The molecule has 0 fully saturated rings. The van der Waals surface area contributed by atoms with Crippen molar-refractivity contribution in [1.29, 1.82) is 0 Å². The Balaban J connectivity index is 1.44. The smallest absolute Gasteiger partial charge is 0.481 e. The Labute approximate surface area is 246 Å². The third-order valence-corrected chi connectivity index (χ3v) is 8.52. The summed E-state index contributed by atoms with van der Waals surface area (Å²) in [5, 5.41) is 18.6. The number of ether oxygens (including phenoxy) is 1. The lowest BCUT2D eigenvalue weighted by molar-refractivity contribution is -0.274. The predicted molar refractivity (Wildman–Crippen MR) is 152 cm³/mol. The van der Waals surface area contributed by atoms with Gasteiger partial charge in [0.1, 0.15) is 11.3 Å². The van der Waals surface area contributed by atoms with Gasteiger partial charge in [-0.1, -0.05) is 42.0 Å². The molecule has 0 saturated heterocycles. The zero-order chi connectivity index (χ0) is 30.3. The molecule has 0 aliphatic carbocycles. The Bertz CT molecular complexity index is 1710. The number of benzene rings is 3. The monoisotopic (exact) mass is 592 g/mol. The van der Waals surface area contributed by atoms with E-state index in [-0.39, 0.29) is 30.2 Å². The molecule has 3 aromatic carbocycles. The Morgan fingerprint density at radius 1 is 1.00 bits per heavy atom. The zero-order valence-corrected chi connectivity index (χ0v) is 23.7. The number of aliphatic carboxylic acids is 1. The van der Waals surface area contributed by atoms with Crippen LogP contribution in [0.25, 0.3) is 11.0 Å². The molecule has 0 spiro atoms. The van der Waals surface area contributed by atoms with Crippen LogP contribution in [0.5, 0.6) is 5.75 Å². The average Bonchev–Trinajstić information content (AvgIpc) is 3.38. The van der Waals surface area contributed by atoms with Crippen LogP contribution in [0.1, 0.15) is 75.3 Å². The maximum Gasteiger partial charge on any atom is 0.573 e. The van der Waals surface area contributed by atoms with Gasteiger partial charge in [0, 0.05) is 31.1 Å². The number of halogens is 3. The summed E-state index contributed by atoms with van der Waals surface area (Å²) in [6.45, 7) is 3.18. The number of hydrogen-bond acceptors (Lipinski definition) is 5. The summed E-state index contributed by atoms with van der Waals surface area (Å²) in [7, 11) is 0. The molecule has 0 radical (unpaired) electrons. The molecule has 43 heavy (non-hydrogen) atoms. The first-order valence-corrected chi connectivity index (χ1v) is 14.4. The van der Waals surface area contributed by atoms with Crippen LogP contribution < -0.4 is 4.74 Å². The molecule has 5 aliphatic rings. The molecule has 1 aromatic heterocycles. The number of carboxylic acids is 1. The second kappa shape index (κ2) is 11.3. The molecule has 6 heterocycles. The second-order valence-corrected chi connectivity index (χ2v) is 11.3. The van der Waals surface area contributed by atoms with E-state index in [9.17, 15) is 27.9 Å². The number of alkyl halides is 3. The van der Waals surface area contributed by atoms with Gasteiger partial charge in [0.25, 0.3) is 5.91 Å². The maximum absolute atomic E-state index is 13.5. The summed E-state index contributed by atoms with van der Waals surface area (Å²) in [6.07, 6.45) is -1.99. The van der Waals surface area contributed by atoms with Gasteiger partial charge in [0.2, 0.25) is 0 Å². The van der Waals surface area contributed by atoms with E-state index in [0.717, 1.165) is 46.2 Å². The minimum atomic E-state index is -4.89. The van der Waals surface area contributed by atoms with Crippen LogP contribution in [0.15, 0.2) is 48.5 Å². The van der Waals surface area contributed by atoms with E-state index < -0.39 is 18.2 Å². The highest BCUT2D eigenvalue weighted by Gasteiger charge is 2.33. The van der Waals surface area contributed by atoms with Crippen LogP contribution in [0.2, 0.25) is 0 Å². The fourth-order valence-electron chi connectivity index (χ4n) is 6.32. The summed E-state index contributed by atoms with van der Waals surface area (Å²) < 4.78 is 46.1. The summed E-state index contributed by atoms with van der Waals surface area (Å²) in [6, 6.07) is 14.1. The fourth-order valence-corrected chi connectivity index (χ4v) is 6.32. The maximum atomic E-state index is 13.5. The first-order chi connectivity index (χ1) is 20.6. The number of carbonyl (C=O) groups is 2. The van der Waals surface area contributed by atoms with Crippen LogP contribution in [0.4, 0.5) is 13.2 Å². The van der Waals surface area contributed by atoms with Crippen molar-refractivity contribution in [2.75, 3.05) is 6.54 Å². The van der Waals surface area contributed by atoms with E-state index in [1.807, 2.05) is 41.9 Å². The van der Waals surface area contributed by atoms with Gasteiger partial charge in [0.15, 0.2) is 0 Å². The summed E-state index contributed by atoms with van der Waals surface area (Å²) in [5.41, 5.74) is 6.54. The van der Waals surface area contributed by atoms with E-state index in [1.54, 1.807) is 17.0 Å². The molecule has 1 N–H and O–H groups in total. The molecule has 9 bridgehead atoms. The van der Waals surface area contributed by atoms with Crippen LogP contribution in [0.3, 0.4) is 0 Å². The summed E-state index contributed by atoms with van der Waals surface area (Å²) >= 11 is 0. The number of aromatic nitrogens is 3. The first kappa shape index (κ1) is 28.7. The van der Waals surface area contributed by atoms with Crippen molar-refractivity contribution in [1.82, 2.24) is 19.9 Å². The fraction of sp³-hybridized carbons (Fsp3) is 0.375. The Kier molecular flexibility index (Phi) is 7.57. The predicted octanol–water partition coefficient (Wildman–Crippen LogP) is 6.17. The summed E-state index contributed by atoms with van der Waals surface area (Å²) in [4.78, 5) is 27.2. The van der Waals surface area contributed by atoms with Crippen molar-refractivity contribution in [2.24, 2.45) is 0 Å². The standard InChI is InChI=1S/C32H31F3N4O4/c1-19-25-10-11-27-30(19)36-37-39(27)13-4-2-3-5-21-7-9-23(16-28(21)43-32(33,34)35)31(42)38-14-12-20-6-8-22(15-24(20)18-38)26(25)17-29(40)41/h6-11,15-16,26H,2-5,12-14,17-18H2,1H3,(H,40,41)/t26-/m0/s1. The minimum Gasteiger partial charge on any atom is -0.481 e. The van der Waals surface area contributed by atoms with Crippen molar-refractivity contribution in [2.45, 2.75) is 70.8 Å². The van der Waals surface area contributed by atoms with Gasteiger partial charge in [-0.05, 0) is 84.2 Å².